The standard InChI is InChI=1S/C15H19FN2S/c1-4-7-17-15(14-9-19-11(3)18-14)13-8-12(16)6-5-10(13)2/h5-6,8-9,15,17H,4,7H2,1-3H3. The third-order valence-electron chi connectivity index (χ3n) is 3.08. The molecule has 4 heteroatoms. The van der Waals surface area contributed by atoms with Crippen LogP contribution in [-0.2, 0) is 0 Å². The minimum Gasteiger partial charge on any atom is -0.305 e. The molecule has 0 saturated carbocycles. The number of hydrogen-bond donors (Lipinski definition) is 1. The summed E-state index contributed by atoms with van der Waals surface area (Å²) in [6, 6.07) is 4.91. The molecule has 0 amide bonds. The fourth-order valence-electron chi connectivity index (χ4n) is 2.10. The molecule has 0 aliphatic heterocycles. The van der Waals surface area contributed by atoms with Crippen molar-refractivity contribution in [2.75, 3.05) is 6.54 Å². The number of nitrogens with one attached hydrogen (secondary N) is 1. The van der Waals surface area contributed by atoms with Crippen molar-refractivity contribution < 1.29 is 4.39 Å². The Morgan fingerprint density at radius 1 is 1.37 bits per heavy atom. The molecular weight excluding hydrogens is 259 g/mol. The molecule has 102 valence electrons. The van der Waals surface area contributed by atoms with Gasteiger partial charge < -0.3 is 5.32 Å². The van der Waals surface area contributed by atoms with Crippen LogP contribution in [0.2, 0.25) is 0 Å². The van der Waals surface area contributed by atoms with Crippen molar-refractivity contribution in [3.05, 3.63) is 51.2 Å². The summed E-state index contributed by atoms with van der Waals surface area (Å²) in [7, 11) is 0. The predicted molar refractivity (Wildman–Crippen MR) is 78.1 cm³/mol. The van der Waals surface area contributed by atoms with Crippen molar-refractivity contribution in [3.8, 4) is 0 Å². The Balaban J connectivity index is 2.39. The third kappa shape index (κ3) is 3.39. The molecule has 0 bridgehead atoms. The molecule has 1 atom stereocenters. The summed E-state index contributed by atoms with van der Waals surface area (Å²) in [6.07, 6.45) is 1.04. The van der Waals surface area contributed by atoms with Gasteiger partial charge in [-0.05, 0) is 50.1 Å². The highest BCUT2D eigenvalue weighted by atomic mass is 32.1. The van der Waals surface area contributed by atoms with E-state index in [0.29, 0.717) is 0 Å². The second kappa shape index (κ2) is 6.26. The van der Waals surface area contributed by atoms with E-state index >= 15 is 0 Å². The normalized spacial score (nSPS) is 12.6. The van der Waals surface area contributed by atoms with Crippen LogP contribution in [0.4, 0.5) is 4.39 Å². The molecule has 0 saturated heterocycles. The number of rotatable bonds is 5. The lowest BCUT2D eigenvalue weighted by atomic mass is 9.99. The molecule has 0 radical (unpaired) electrons. The number of thiazole rings is 1. The van der Waals surface area contributed by atoms with Crippen LogP contribution in [0.15, 0.2) is 23.6 Å². The SMILES string of the molecule is CCCNC(c1csc(C)n1)c1cc(F)ccc1C. The zero-order valence-corrected chi connectivity index (χ0v) is 12.4. The molecule has 2 rings (SSSR count). The highest BCUT2D eigenvalue weighted by molar-refractivity contribution is 7.09. The molecule has 0 aliphatic rings. The molecule has 1 aromatic carbocycles. The van der Waals surface area contributed by atoms with Gasteiger partial charge in [-0.3, -0.25) is 0 Å². The lowest BCUT2D eigenvalue weighted by Gasteiger charge is -2.19. The second-order valence-corrected chi connectivity index (χ2v) is 5.74. The van der Waals surface area contributed by atoms with E-state index in [-0.39, 0.29) is 11.9 Å². The van der Waals surface area contributed by atoms with E-state index in [1.54, 1.807) is 17.4 Å². The summed E-state index contributed by atoms with van der Waals surface area (Å²) >= 11 is 1.63. The van der Waals surface area contributed by atoms with Crippen LogP contribution in [0.5, 0.6) is 0 Å². The Kier molecular flexibility index (Phi) is 4.66. The maximum atomic E-state index is 13.5. The Labute approximate surface area is 117 Å². The van der Waals surface area contributed by atoms with Crippen molar-refractivity contribution in [1.29, 1.82) is 0 Å². The molecule has 1 heterocycles. The van der Waals surface area contributed by atoms with Crippen molar-refractivity contribution in [2.24, 2.45) is 0 Å². The van der Waals surface area contributed by atoms with E-state index in [0.717, 1.165) is 34.8 Å². The van der Waals surface area contributed by atoms with Crippen LogP contribution in [0.1, 0.15) is 41.2 Å². The first-order valence-corrected chi connectivity index (χ1v) is 7.41. The molecule has 1 aromatic heterocycles. The largest absolute Gasteiger partial charge is 0.305 e. The number of nitrogens with zero attached hydrogens (tertiary/aromatic N) is 1. The lowest BCUT2D eigenvalue weighted by molar-refractivity contribution is 0.575. The smallest absolute Gasteiger partial charge is 0.123 e. The zero-order valence-electron chi connectivity index (χ0n) is 11.5. The van der Waals surface area contributed by atoms with Gasteiger partial charge in [0.05, 0.1) is 16.7 Å². The first-order valence-electron chi connectivity index (χ1n) is 6.53. The molecule has 0 fully saturated rings. The van der Waals surface area contributed by atoms with Crippen molar-refractivity contribution in [2.45, 2.75) is 33.2 Å². The van der Waals surface area contributed by atoms with E-state index in [4.69, 9.17) is 0 Å². The molecular formula is C15H19FN2S. The maximum absolute atomic E-state index is 13.5. The molecule has 2 aromatic rings. The predicted octanol–water partition coefficient (Wildman–Crippen LogP) is 3.99. The fourth-order valence-corrected chi connectivity index (χ4v) is 2.74. The van der Waals surface area contributed by atoms with Crippen LogP contribution in [0, 0.1) is 19.7 Å². The fraction of sp³-hybridized carbons (Fsp3) is 0.400. The first kappa shape index (κ1) is 14.2. The summed E-state index contributed by atoms with van der Waals surface area (Å²) in [5, 5.41) is 6.54. The molecule has 0 spiro atoms. The summed E-state index contributed by atoms with van der Waals surface area (Å²) in [6.45, 7) is 7.00. The quantitative estimate of drug-likeness (QED) is 0.894. The summed E-state index contributed by atoms with van der Waals surface area (Å²) in [4.78, 5) is 4.54. The first-order chi connectivity index (χ1) is 9.11. The van der Waals surface area contributed by atoms with E-state index in [1.807, 2.05) is 25.3 Å². The number of aryl methyl sites for hydroxylation is 2. The minimum absolute atomic E-state index is 0.0272. The van der Waals surface area contributed by atoms with Gasteiger partial charge in [0.15, 0.2) is 0 Å². The van der Waals surface area contributed by atoms with Crippen LogP contribution in [-0.4, -0.2) is 11.5 Å². The molecule has 2 nitrogen and oxygen atoms in total. The molecule has 19 heavy (non-hydrogen) atoms. The topological polar surface area (TPSA) is 24.9 Å². The van der Waals surface area contributed by atoms with E-state index in [1.165, 1.54) is 6.07 Å². The Morgan fingerprint density at radius 2 is 2.16 bits per heavy atom. The number of benzene rings is 1. The van der Waals surface area contributed by atoms with Gasteiger partial charge in [0, 0.05) is 5.38 Å². The average Bonchev–Trinajstić information content (AvgIpc) is 2.80. The summed E-state index contributed by atoms with van der Waals surface area (Å²) in [5.41, 5.74) is 3.03. The van der Waals surface area contributed by atoms with Crippen LogP contribution >= 0.6 is 11.3 Å². The van der Waals surface area contributed by atoms with Gasteiger partial charge in [-0.1, -0.05) is 13.0 Å². The third-order valence-corrected chi connectivity index (χ3v) is 3.88. The van der Waals surface area contributed by atoms with Crippen LogP contribution in [0.3, 0.4) is 0 Å². The van der Waals surface area contributed by atoms with Crippen LogP contribution in [0.25, 0.3) is 0 Å². The number of halogens is 1. The maximum Gasteiger partial charge on any atom is 0.123 e. The van der Waals surface area contributed by atoms with E-state index < -0.39 is 0 Å². The average molecular weight is 278 g/mol. The lowest BCUT2D eigenvalue weighted by Crippen LogP contribution is -2.24. The van der Waals surface area contributed by atoms with Gasteiger partial charge in [0.1, 0.15) is 5.82 Å². The number of hydrogen-bond acceptors (Lipinski definition) is 3. The van der Waals surface area contributed by atoms with E-state index in [9.17, 15) is 4.39 Å². The Bertz CT molecular complexity index is 551. The van der Waals surface area contributed by atoms with Crippen molar-refractivity contribution in [1.82, 2.24) is 10.3 Å². The van der Waals surface area contributed by atoms with Gasteiger partial charge in [0.2, 0.25) is 0 Å². The second-order valence-electron chi connectivity index (χ2n) is 4.68. The van der Waals surface area contributed by atoms with Gasteiger partial charge >= 0.3 is 0 Å². The molecule has 0 aliphatic carbocycles. The van der Waals surface area contributed by atoms with Crippen molar-refractivity contribution in [3.63, 3.8) is 0 Å². The summed E-state index contributed by atoms with van der Waals surface area (Å²) < 4.78 is 13.5. The minimum atomic E-state index is -0.198. The van der Waals surface area contributed by atoms with Crippen LogP contribution < -0.4 is 5.32 Å². The highest BCUT2D eigenvalue weighted by Gasteiger charge is 2.18. The van der Waals surface area contributed by atoms with Gasteiger partial charge in [-0.2, -0.15) is 0 Å². The van der Waals surface area contributed by atoms with Gasteiger partial charge in [-0.15, -0.1) is 11.3 Å². The Morgan fingerprint density at radius 3 is 2.79 bits per heavy atom. The molecule has 1 unspecified atom stereocenters. The van der Waals surface area contributed by atoms with E-state index in [2.05, 4.69) is 17.2 Å². The zero-order chi connectivity index (χ0) is 13.8. The number of aromatic nitrogens is 1. The highest BCUT2D eigenvalue weighted by Crippen LogP contribution is 2.26. The van der Waals surface area contributed by atoms with Gasteiger partial charge in [0.25, 0.3) is 0 Å². The Hall–Kier alpha value is -1.26. The summed E-state index contributed by atoms with van der Waals surface area (Å²) in [5.74, 6) is -0.198. The van der Waals surface area contributed by atoms with Gasteiger partial charge in [-0.25, -0.2) is 9.37 Å². The monoisotopic (exact) mass is 278 g/mol. The molecule has 1 N–H and O–H groups in total. The van der Waals surface area contributed by atoms with Crippen molar-refractivity contribution >= 4 is 11.3 Å².